The molecule has 1 aliphatic rings. The van der Waals surface area contributed by atoms with Gasteiger partial charge >= 0.3 is 5.97 Å². The minimum atomic E-state index is -1.31. The van der Waals surface area contributed by atoms with Gasteiger partial charge in [-0.15, -0.1) is 0 Å². The van der Waals surface area contributed by atoms with Gasteiger partial charge in [0.05, 0.1) is 12.7 Å². The Morgan fingerprint density at radius 2 is 2.53 bits per heavy atom. The summed E-state index contributed by atoms with van der Waals surface area (Å²) in [6.07, 6.45) is 1.20. The van der Waals surface area contributed by atoms with Crippen molar-refractivity contribution in [3.8, 4) is 0 Å². The van der Waals surface area contributed by atoms with Crippen LogP contribution in [-0.4, -0.2) is 60.4 Å². The Labute approximate surface area is 110 Å². The number of halogens is 1. The Kier molecular flexibility index (Phi) is 4.28. The molecule has 1 aromatic rings. The van der Waals surface area contributed by atoms with Crippen LogP contribution in [0.2, 0.25) is 0 Å². The van der Waals surface area contributed by atoms with Crippen molar-refractivity contribution in [3.63, 3.8) is 0 Å². The molecular formula is C12H16FN3O3. The number of hydrogen-bond donors (Lipinski definition) is 2. The van der Waals surface area contributed by atoms with Crippen LogP contribution in [-0.2, 0) is 4.74 Å². The number of morpholine rings is 1. The lowest BCUT2D eigenvalue weighted by molar-refractivity contribution is -0.0117. The number of rotatable bonds is 4. The van der Waals surface area contributed by atoms with E-state index in [2.05, 4.69) is 15.2 Å². The van der Waals surface area contributed by atoms with Gasteiger partial charge in [-0.3, -0.25) is 0 Å². The van der Waals surface area contributed by atoms with Crippen molar-refractivity contribution in [2.45, 2.75) is 6.10 Å². The summed E-state index contributed by atoms with van der Waals surface area (Å²) in [6, 6.07) is 1.13. The molecule has 1 aliphatic heterocycles. The lowest BCUT2D eigenvalue weighted by atomic mass is 10.2. The van der Waals surface area contributed by atoms with E-state index in [0.29, 0.717) is 13.2 Å². The minimum Gasteiger partial charge on any atom is -0.478 e. The third kappa shape index (κ3) is 3.39. The van der Waals surface area contributed by atoms with E-state index in [-0.39, 0.29) is 17.5 Å². The molecule has 2 rings (SSSR count). The van der Waals surface area contributed by atoms with E-state index >= 15 is 0 Å². The lowest BCUT2D eigenvalue weighted by Crippen LogP contribution is -2.43. The molecule has 0 aromatic carbocycles. The summed E-state index contributed by atoms with van der Waals surface area (Å²) >= 11 is 0. The van der Waals surface area contributed by atoms with Gasteiger partial charge in [0.25, 0.3) is 0 Å². The molecule has 0 radical (unpaired) electrons. The van der Waals surface area contributed by atoms with Gasteiger partial charge in [0, 0.05) is 25.8 Å². The highest BCUT2D eigenvalue weighted by Crippen LogP contribution is 2.15. The number of carboxylic acids is 1. The molecule has 1 atom stereocenters. The van der Waals surface area contributed by atoms with E-state index in [0.717, 1.165) is 19.2 Å². The van der Waals surface area contributed by atoms with E-state index < -0.39 is 11.8 Å². The molecule has 19 heavy (non-hydrogen) atoms. The zero-order valence-corrected chi connectivity index (χ0v) is 10.6. The molecule has 0 bridgehead atoms. The molecule has 0 spiro atoms. The van der Waals surface area contributed by atoms with Crippen LogP contribution in [0.15, 0.2) is 12.3 Å². The summed E-state index contributed by atoms with van der Waals surface area (Å²) in [7, 11) is 1.99. The fraction of sp³-hybridized carbons (Fsp3) is 0.500. The molecule has 1 aromatic heterocycles. The summed E-state index contributed by atoms with van der Waals surface area (Å²) in [6.45, 7) is 2.64. The zero-order valence-electron chi connectivity index (χ0n) is 10.6. The molecule has 0 amide bonds. The Morgan fingerprint density at radius 1 is 1.74 bits per heavy atom. The van der Waals surface area contributed by atoms with E-state index in [1.54, 1.807) is 0 Å². The van der Waals surface area contributed by atoms with Crippen LogP contribution in [0.3, 0.4) is 0 Å². The highest BCUT2D eigenvalue weighted by Gasteiger charge is 2.19. The molecular weight excluding hydrogens is 253 g/mol. The largest absolute Gasteiger partial charge is 0.478 e. The normalized spacial score (nSPS) is 20.2. The van der Waals surface area contributed by atoms with Crippen LogP contribution in [0.5, 0.6) is 0 Å². The van der Waals surface area contributed by atoms with E-state index in [9.17, 15) is 9.18 Å². The first-order valence-electron chi connectivity index (χ1n) is 5.99. The molecule has 2 N–H and O–H groups in total. The minimum absolute atomic E-state index is 0.0586. The Hall–Kier alpha value is -1.73. The van der Waals surface area contributed by atoms with Gasteiger partial charge < -0.3 is 20.1 Å². The molecule has 1 saturated heterocycles. The molecule has 0 aliphatic carbocycles. The number of carboxylic acid groups (broad SMARTS) is 1. The monoisotopic (exact) mass is 269 g/mol. The number of aromatic carboxylic acids is 1. The van der Waals surface area contributed by atoms with Crippen LogP contribution >= 0.6 is 0 Å². The van der Waals surface area contributed by atoms with Crippen molar-refractivity contribution in [2.24, 2.45) is 0 Å². The topological polar surface area (TPSA) is 74.7 Å². The van der Waals surface area contributed by atoms with Gasteiger partial charge in [0.2, 0.25) is 0 Å². The standard InChI is InChI=1S/C12H16FN3O3/c1-16-4-5-19-8(7-16)6-15-11-10(13)9(12(17)18)2-3-14-11/h2-3,8H,4-7H2,1H3,(H,14,15)(H,17,18). The Morgan fingerprint density at radius 3 is 3.21 bits per heavy atom. The second-order valence-corrected chi connectivity index (χ2v) is 4.46. The number of nitrogens with one attached hydrogen (secondary N) is 1. The summed E-state index contributed by atoms with van der Waals surface area (Å²) in [5.74, 6) is -2.22. The van der Waals surface area contributed by atoms with Crippen LogP contribution in [0, 0.1) is 5.82 Å². The Balaban J connectivity index is 1.99. The van der Waals surface area contributed by atoms with Crippen molar-refractivity contribution in [3.05, 3.63) is 23.6 Å². The van der Waals surface area contributed by atoms with E-state index in [1.807, 2.05) is 7.05 Å². The SMILES string of the molecule is CN1CCOC(CNc2nccc(C(=O)O)c2F)C1. The average Bonchev–Trinajstić information content (AvgIpc) is 2.37. The molecule has 2 heterocycles. The van der Waals surface area contributed by atoms with Crippen molar-refractivity contribution in [1.82, 2.24) is 9.88 Å². The highest BCUT2D eigenvalue weighted by atomic mass is 19.1. The molecule has 6 nitrogen and oxygen atoms in total. The number of nitrogens with zero attached hydrogens (tertiary/aromatic N) is 2. The van der Waals surface area contributed by atoms with E-state index in [4.69, 9.17) is 9.84 Å². The maximum absolute atomic E-state index is 13.8. The first-order chi connectivity index (χ1) is 9.08. The maximum Gasteiger partial charge on any atom is 0.338 e. The van der Waals surface area contributed by atoms with Crippen LogP contribution < -0.4 is 5.32 Å². The van der Waals surface area contributed by atoms with E-state index in [1.165, 1.54) is 6.20 Å². The average molecular weight is 269 g/mol. The predicted molar refractivity (Wildman–Crippen MR) is 66.9 cm³/mol. The number of pyridine rings is 1. The summed E-state index contributed by atoms with van der Waals surface area (Å²) in [4.78, 5) is 16.7. The van der Waals surface area contributed by atoms with Crippen molar-refractivity contribution in [2.75, 3.05) is 38.6 Å². The fourth-order valence-corrected chi connectivity index (χ4v) is 1.93. The van der Waals surface area contributed by atoms with Crippen molar-refractivity contribution < 1.29 is 19.0 Å². The number of aromatic nitrogens is 1. The van der Waals surface area contributed by atoms with Gasteiger partial charge in [-0.25, -0.2) is 14.2 Å². The van der Waals surface area contributed by atoms with Gasteiger partial charge in [-0.1, -0.05) is 0 Å². The lowest BCUT2D eigenvalue weighted by Gasteiger charge is -2.30. The highest BCUT2D eigenvalue weighted by molar-refractivity contribution is 5.88. The summed E-state index contributed by atoms with van der Waals surface area (Å²) < 4.78 is 19.3. The van der Waals surface area contributed by atoms with Crippen molar-refractivity contribution in [1.29, 1.82) is 0 Å². The third-order valence-electron chi connectivity index (χ3n) is 2.96. The predicted octanol–water partition coefficient (Wildman–Crippen LogP) is 0.661. The number of anilines is 1. The van der Waals surface area contributed by atoms with Crippen LogP contribution in [0.4, 0.5) is 10.2 Å². The molecule has 0 saturated carbocycles. The molecule has 1 unspecified atom stereocenters. The number of hydrogen-bond acceptors (Lipinski definition) is 5. The first kappa shape index (κ1) is 13.7. The van der Waals surface area contributed by atoms with Gasteiger partial charge in [-0.2, -0.15) is 0 Å². The quantitative estimate of drug-likeness (QED) is 0.836. The van der Waals surface area contributed by atoms with Crippen LogP contribution in [0.25, 0.3) is 0 Å². The fourth-order valence-electron chi connectivity index (χ4n) is 1.93. The first-order valence-corrected chi connectivity index (χ1v) is 5.99. The van der Waals surface area contributed by atoms with Gasteiger partial charge in [0.1, 0.15) is 5.56 Å². The Bertz CT molecular complexity index is 470. The van der Waals surface area contributed by atoms with Crippen LogP contribution in [0.1, 0.15) is 10.4 Å². The summed E-state index contributed by atoms with van der Waals surface area (Å²) in [5.41, 5.74) is -0.390. The summed E-state index contributed by atoms with van der Waals surface area (Å²) in [5, 5.41) is 11.6. The smallest absolute Gasteiger partial charge is 0.338 e. The molecule has 1 fully saturated rings. The third-order valence-corrected chi connectivity index (χ3v) is 2.96. The molecule has 7 heteroatoms. The van der Waals surface area contributed by atoms with Gasteiger partial charge in [0.15, 0.2) is 11.6 Å². The second-order valence-electron chi connectivity index (χ2n) is 4.46. The number of likely N-dealkylation sites (N-methyl/N-ethyl adjacent to an activating group) is 1. The number of ether oxygens (including phenoxy) is 1. The van der Waals surface area contributed by atoms with Gasteiger partial charge in [-0.05, 0) is 13.1 Å². The second kappa shape index (κ2) is 5.94. The number of carbonyl (C=O) groups is 1. The molecule has 104 valence electrons. The zero-order chi connectivity index (χ0) is 13.8. The maximum atomic E-state index is 13.8. The van der Waals surface area contributed by atoms with Crippen molar-refractivity contribution >= 4 is 11.8 Å².